The third kappa shape index (κ3) is 4.16. The number of benzene rings is 1. The second kappa shape index (κ2) is 6.56. The normalized spacial score (nSPS) is 10.1. The first-order chi connectivity index (χ1) is 8.74. The lowest BCUT2D eigenvalue weighted by Gasteiger charge is -2.06. The maximum absolute atomic E-state index is 11.5. The third-order valence-electron chi connectivity index (χ3n) is 2.27. The van der Waals surface area contributed by atoms with Crippen LogP contribution < -0.4 is 5.32 Å². The van der Waals surface area contributed by atoms with Crippen molar-refractivity contribution in [1.82, 2.24) is 5.32 Å². The number of amides is 1. The number of carbonyl (C=O) groups is 1. The SMILES string of the molecule is O=C(NCc1csc(Br)c1)OCc1ccccc1. The van der Waals surface area contributed by atoms with Crippen molar-refractivity contribution in [3.63, 3.8) is 0 Å². The molecule has 0 atom stereocenters. The monoisotopic (exact) mass is 325 g/mol. The summed E-state index contributed by atoms with van der Waals surface area (Å²) in [6, 6.07) is 11.6. The minimum atomic E-state index is -0.402. The van der Waals surface area contributed by atoms with Crippen LogP contribution in [0.3, 0.4) is 0 Å². The van der Waals surface area contributed by atoms with Crippen LogP contribution in [0, 0.1) is 0 Å². The molecule has 0 saturated carbocycles. The number of thiophene rings is 1. The van der Waals surface area contributed by atoms with Gasteiger partial charge in [0, 0.05) is 6.54 Å². The Morgan fingerprint density at radius 3 is 2.72 bits per heavy atom. The minimum absolute atomic E-state index is 0.292. The van der Waals surface area contributed by atoms with Crippen molar-refractivity contribution in [3.05, 3.63) is 56.7 Å². The molecule has 94 valence electrons. The third-order valence-corrected chi connectivity index (χ3v) is 3.82. The zero-order valence-electron chi connectivity index (χ0n) is 9.56. The Labute approximate surface area is 118 Å². The lowest BCUT2D eigenvalue weighted by molar-refractivity contribution is 0.139. The van der Waals surface area contributed by atoms with Crippen molar-refractivity contribution in [1.29, 1.82) is 0 Å². The van der Waals surface area contributed by atoms with E-state index in [2.05, 4.69) is 21.2 Å². The highest BCUT2D eigenvalue weighted by Gasteiger charge is 2.03. The second-order valence-electron chi connectivity index (χ2n) is 3.67. The molecule has 1 amide bonds. The van der Waals surface area contributed by atoms with Crippen molar-refractivity contribution in [2.45, 2.75) is 13.2 Å². The molecule has 3 nitrogen and oxygen atoms in total. The number of carbonyl (C=O) groups excluding carboxylic acids is 1. The van der Waals surface area contributed by atoms with Gasteiger partial charge in [-0.3, -0.25) is 0 Å². The van der Waals surface area contributed by atoms with Gasteiger partial charge in [0.25, 0.3) is 0 Å². The van der Waals surface area contributed by atoms with Crippen LogP contribution in [0.5, 0.6) is 0 Å². The fourth-order valence-corrected chi connectivity index (χ4v) is 2.60. The van der Waals surface area contributed by atoms with E-state index in [1.54, 1.807) is 11.3 Å². The molecule has 1 aromatic carbocycles. The van der Waals surface area contributed by atoms with Crippen LogP contribution in [-0.2, 0) is 17.9 Å². The number of halogens is 1. The molecule has 0 radical (unpaired) electrons. The van der Waals surface area contributed by atoms with Crippen LogP contribution >= 0.6 is 27.3 Å². The van der Waals surface area contributed by atoms with E-state index in [1.165, 1.54) is 0 Å². The highest BCUT2D eigenvalue weighted by atomic mass is 79.9. The van der Waals surface area contributed by atoms with Crippen molar-refractivity contribution in [3.8, 4) is 0 Å². The number of hydrogen-bond acceptors (Lipinski definition) is 3. The molecule has 2 rings (SSSR count). The number of ether oxygens (including phenoxy) is 1. The Morgan fingerprint density at radius 1 is 1.28 bits per heavy atom. The molecule has 5 heteroatoms. The molecule has 0 bridgehead atoms. The van der Waals surface area contributed by atoms with Crippen LogP contribution in [-0.4, -0.2) is 6.09 Å². The van der Waals surface area contributed by atoms with E-state index in [-0.39, 0.29) is 0 Å². The highest BCUT2D eigenvalue weighted by molar-refractivity contribution is 9.11. The van der Waals surface area contributed by atoms with Gasteiger partial charge >= 0.3 is 6.09 Å². The Morgan fingerprint density at radius 2 is 2.06 bits per heavy atom. The first-order valence-electron chi connectivity index (χ1n) is 5.41. The van der Waals surface area contributed by atoms with Crippen molar-refractivity contribution in [2.24, 2.45) is 0 Å². The summed E-state index contributed by atoms with van der Waals surface area (Å²) >= 11 is 4.97. The van der Waals surface area contributed by atoms with Gasteiger partial charge in [-0.15, -0.1) is 11.3 Å². The topological polar surface area (TPSA) is 38.3 Å². The van der Waals surface area contributed by atoms with Crippen LogP contribution in [0.25, 0.3) is 0 Å². The average Bonchev–Trinajstić information content (AvgIpc) is 2.81. The van der Waals surface area contributed by atoms with E-state index in [9.17, 15) is 4.79 Å². The van der Waals surface area contributed by atoms with E-state index in [0.717, 1.165) is 14.9 Å². The smallest absolute Gasteiger partial charge is 0.407 e. The van der Waals surface area contributed by atoms with Crippen LogP contribution in [0.2, 0.25) is 0 Å². The molecule has 1 aromatic heterocycles. The second-order valence-corrected chi connectivity index (χ2v) is 5.96. The summed E-state index contributed by atoms with van der Waals surface area (Å²) in [4.78, 5) is 11.5. The highest BCUT2D eigenvalue weighted by Crippen LogP contribution is 2.20. The molecular weight excluding hydrogens is 314 g/mol. The number of nitrogens with one attached hydrogen (secondary N) is 1. The number of rotatable bonds is 4. The molecule has 0 spiro atoms. The quantitative estimate of drug-likeness (QED) is 0.924. The summed E-state index contributed by atoms with van der Waals surface area (Å²) in [5.74, 6) is 0. The Hall–Kier alpha value is -1.33. The Bertz CT molecular complexity index is 513. The fourth-order valence-electron chi connectivity index (χ4n) is 1.39. The first-order valence-corrected chi connectivity index (χ1v) is 7.09. The standard InChI is InChI=1S/C13H12BrNO2S/c14-12-6-11(9-18-12)7-15-13(16)17-8-10-4-2-1-3-5-10/h1-6,9H,7-8H2,(H,15,16). The van der Waals surface area contributed by atoms with Crippen LogP contribution in [0.4, 0.5) is 4.79 Å². The number of alkyl carbamates (subject to hydrolysis) is 1. The summed E-state index contributed by atoms with van der Waals surface area (Å²) in [6.45, 7) is 0.774. The summed E-state index contributed by atoms with van der Waals surface area (Å²) in [6.07, 6.45) is -0.402. The zero-order chi connectivity index (χ0) is 12.8. The fraction of sp³-hybridized carbons (Fsp3) is 0.154. The van der Waals surface area contributed by atoms with E-state index in [0.29, 0.717) is 13.2 Å². The van der Waals surface area contributed by atoms with Gasteiger partial charge in [-0.25, -0.2) is 4.79 Å². The van der Waals surface area contributed by atoms with Gasteiger partial charge < -0.3 is 10.1 Å². The summed E-state index contributed by atoms with van der Waals surface area (Å²) < 4.78 is 6.15. The molecule has 0 aliphatic heterocycles. The van der Waals surface area contributed by atoms with Gasteiger partial charge in [0.15, 0.2) is 0 Å². The van der Waals surface area contributed by atoms with Gasteiger partial charge in [0.1, 0.15) is 6.61 Å². The Kier molecular flexibility index (Phi) is 4.78. The lowest BCUT2D eigenvalue weighted by atomic mass is 10.2. The molecule has 0 aliphatic rings. The lowest BCUT2D eigenvalue weighted by Crippen LogP contribution is -2.23. The summed E-state index contributed by atoms with van der Waals surface area (Å²) in [5, 5.41) is 4.69. The minimum Gasteiger partial charge on any atom is -0.445 e. The van der Waals surface area contributed by atoms with E-state index >= 15 is 0 Å². The summed E-state index contributed by atoms with van der Waals surface area (Å²) in [5.41, 5.74) is 2.04. The Balaban J connectivity index is 1.73. The van der Waals surface area contributed by atoms with Crippen molar-refractivity contribution < 1.29 is 9.53 Å². The molecule has 1 heterocycles. The predicted molar refractivity (Wildman–Crippen MR) is 75.5 cm³/mol. The van der Waals surface area contributed by atoms with E-state index in [1.807, 2.05) is 41.8 Å². The van der Waals surface area contributed by atoms with Gasteiger partial charge in [-0.05, 0) is 38.5 Å². The molecular formula is C13H12BrNO2S. The molecule has 2 aromatic rings. The molecule has 0 unspecified atom stereocenters. The molecule has 0 saturated heterocycles. The maximum atomic E-state index is 11.5. The average molecular weight is 326 g/mol. The number of hydrogen-bond donors (Lipinski definition) is 1. The van der Waals surface area contributed by atoms with Gasteiger partial charge in [-0.1, -0.05) is 30.3 Å². The van der Waals surface area contributed by atoms with Crippen LogP contribution in [0.1, 0.15) is 11.1 Å². The van der Waals surface area contributed by atoms with Crippen LogP contribution in [0.15, 0.2) is 45.6 Å². The van der Waals surface area contributed by atoms with Gasteiger partial charge in [0.05, 0.1) is 3.79 Å². The first kappa shape index (κ1) is 13.1. The molecule has 0 aliphatic carbocycles. The molecule has 0 fully saturated rings. The van der Waals surface area contributed by atoms with Crippen molar-refractivity contribution in [2.75, 3.05) is 0 Å². The maximum Gasteiger partial charge on any atom is 0.407 e. The molecule has 18 heavy (non-hydrogen) atoms. The van der Waals surface area contributed by atoms with Gasteiger partial charge in [0.2, 0.25) is 0 Å². The van der Waals surface area contributed by atoms with Crippen molar-refractivity contribution >= 4 is 33.4 Å². The van der Waals surface area contributed by atoms with E-state index in [4.69, 9.17) is 4.74 Å². The van der Waals surface area contributed by atoms with E-state index < -0.39 is 6.09 Å². The van der Waals surface area contributed by atoms with Gasteiger partial charge in [-0.2, -0.15) is 0 Å². The summed E-state index contributed by atoms with van der Waals surface area (Å²) in [7, 11) is 0. The largest absolute Gasteiger partial charge is 0.445 e. The predicted octanol–water partition coefficient (Wildman–Crippen LogP) is 3.94. The molecule has 1 N–H and O–H groups in total. The zero-order valence-corrected chi connectivity index (χ0v) is 12.0.